The maximum Gasteiger partial charge on any atom is 0.313 e. The van der Waals surface area contributed by atoms with Crippen LogP contribution in [0.4, 0.5) is 0 Å². The van der Waals surface area contributed by atoms with Crippen LogP contribution in [0.2, 0.25) is 0 Å². The van der Waals surface area contributed by atoms with E-state index in [2.05, 4.69) is 42.0 Å². The predicted octanol–water partition coefficient (Wildman–Crippen LogP) is 5.78. The van der Waals surface area contributed by atoms with Gasteiger partial charge in [-0.3, -0.25) is 19.2 Å². The first-order valence-corrected chi connectivity index (χ1v) is 18.9. The molecule has 0 radical (unpaired) electrons. The summed E-state index contributed by atoms with van der Waals surface area (Å²) in [6.45, 7) is 11.9. The van der Waals surface area contributed by atoms with E-state index in [1.54, 1.807) is 17.9 Å². The third kappa shape index (κ3) is 6.99. The number of esters is 1. The van der Waals surface area contributed by atoms with Crippen LogP contribution in [0.25, 0.3) is 0 Å². The molecular weight excluding hydrogens is 726 g/mol. The van der Waals surface area contributed by atoms with Gasteiger partial charge in [0.2, 0.25) is 17.7 Å². The summed E-state index contributed by atoms with van der Waals surface area (Å²) >= 11 is 3.65. The molecule has 11 heteroatoms. The van der Waals surface area contributed by atoms with E-state index in [0.29, 0.717) is 28.5 Å². The van der Waals surface area contributed by atoms with E-state index in [1.165, 1.54) is 4.90 Å². The van der Waals surface area contributed by atoms with Crippen molar-refractivity contribution in [3.63, 3.8) is 0 Å². The van der Waals surface area contributed by atoms with Gasteiger partial charge in [0.05, 0.1) is 24.6 Å². The number of hydrogen-bond donors (Lipinski definition) is 2. The molecule has 2 N–H and O–H groups in total. The summed E-state index contributed by atoms with van der Waals surface area (Å²) in [6, 6.07) is 15.6. The number of allylic oxidation sites excluding steroid dienone is 1. The zero-order chi connectivity index (χ0) is 37.6. The van der Waals surface area contributed by atoms with Crippen molar-refractivity contribution in [2.45, 2.75) is 102 Å². The normalized spacial score (nSPS) is 31.2. The fraction of sp³-hybridized carbons (Fsp3) is 0.512. The van der Waals surface area contributed by atoms with Crippen LogP contribution in [-0.4, -0.2) is 81.1 Å². The van der Waals surface area contributed by atoms with Crippen molar-refractivity contribution in [2.24, 2.45) is 17.3 Å². The van der Waals surface area contributed by atoms with E-state index in [9.17, 15) is 14.7 Å². The Labute approximate surface area is 314 Å². The Kier molecular flexibility index (Phi) is 10.6. The number of benzene rings is 2. The maximum atomic E-state index is 15.5. The molecule has 6 rings (SSSR count). The zero-order valence-corrected chi connectivity index (χ0v) is 32.3. The molecule has 278 valence electrons. The molecule has 0 aromatic heterocycles. The van der Waals surface area contributed by atoms with Crippen LogP contribution in [0.1, 0.15) is 84.1 Å². The van der Waals surface area contributed by atoms with E-state index in [0.717, 1.165) is 0 Å². The number of carbonyl (C=O) groups is 4. The van der Waals surface area contributed by atoms with Gasteiger partial charge in [0.15, 0.2) is 0 Å². The van der Waals surface area contributed by atoms with Crippen LogP contribution in [0, 0.1) is 17.3 Å². The Morgan fingerprint density at radius 1 is 0.942 bits per heavy atom. The minimum atomic E-state index is -1.53. The molecule has 4 heterocycles. The quantitative estimate of drug-likeness (QED) is 0.282. The summed E-state index contributed by atoms with van der Waals surface area (Å²) in [5, 5.41) is 14.0. The van der Waals surface area contributed by atoms with Crippen LogP contribution in [0.5, 0.6) is 0 Å². The Morgan fingerprint density at radius 3 is 2.23 bits per heavy atom. The number of amides is 3. The first kappa shape index (κ1) is 37.9. The second kappa shape index (κ2) is 14.6. The summed E-state index contributed by atoms with van der Waals surface area (Å²) in [5.41, 5.74) is -1.04. The molecule has 1 spiro atoms. The minimum Gasteiger partial charge on any atom is -0.455 e. The Hall–Kier alpha value is -3.80. The molecule has 8 atom stereocenters. The van der Waals surface area contributed by atoms with E-state index in [4.69, 9.17) is 9.47 Å². The smallest absolute Gasteiger partial charge is 0.313 e. The molecule has 0 saturated carbocycles. The van der Waals surface area contributed by atoms with E-state index >= 15 is 9.59 Å². The highest BCUT2D eigenvalue weighted by molar-refractivity contribution is 9.11. The number of halogens is 1. The Bertz CT molecular complexity index is 1740. The average Bonchev–Trinajstić information content (AvgIpc) is 3.68. The second-order valence-corrected chi connectivity index (χ2v) is 17.2. The lowest BCUT2D eigenvalue weighted by Gasteiger charge is -2.46. The lowest BCUT2D eigenvalue weighted by Crippen LogP contribution is -2.61. The van der Waals surface area contributed by atoms with Crippen molar-refractivity contribution in [2.75, 3.05) is 13.2 Å². The minimum absolute atomic E-state index is 0.158. The van der Waals surface area contributed by atoms with E-state index in [1.807, 2.05) is 86.7 Å². The second-order valence-electron chi connectivity index (χ2n) is 16.3. The van der Waals surface area contributed by atoms with Gasteiger partial charge in [-0.25, -0.2) is 0 Å². The molecule has 0 unspecified atom stereocenters. The van der Waals surface area contributed by atoms with E-state index < -0.39 is 71.8 Å². The topological polar surface area (TPSA) is 125 Å². The van der Waals surface area contributed by atoms with Crippen LogP contribution < -0.4 is 5.32 Å². The number of carbonyl (C=O) groups excluding carboxylic acids is 4. The highest BCUT2D eigenvalue weighted by atomic mass is 79.9. The number of hydrogen-bond acceptors (Lipinski definition) is 7. The van der Waals surface area contributed by atoms with Gasteiger partial charge in [-0.2, -0.15) is 0 Å². The number of nitrogens with zero attached hydrogens (tertiary/aromatic N) is 2. The van der Waals surface area contributed by atoms with Gasteiger partial charge < -0.3 is 29.7 Å². The van der Waals surface area contributed by atoms with Crippen molar-refractivity contribution in [3.8, 4) is 0 Å². The lowest BCUT2D eigenvalue weighted by atomic mass is 9.74. The van der Waals surface area contributed by atoms with Crippen molar-refractivity contribution in [1.29, 1.82) is 0 Å². The van der Waals surface area contributed by atoms with Crippen LogP contribution in [0.3, 0.4) is 0 Å². The molecule has 2 fully saturated rings. The Morgan fingerprint density at radius 2 is 1.60 bits per heavy atom. The monoisotopic (exact) mass is 775 g/mol. The summed E-state index contributed by atoms with van der Waals surface area (Å²) in [4.78, 5) is 61.6. The number of ether oxygens (including phenoxy) is 2. The standard InChI is InChI=1S/C41H50BrN3O7/c1-25-33(27-18-12-8-13-19-27)51-38(50)31-32-36(48)45(29(23-46)26-16-10-7-11-17-26)35(41(32)22-28(42)34(31)52-41)37(49)44(40(5,6)24-39(2,3)4)21-15-9-14-20-30(47)43-25/h7-13,15-19,22,25,29,31-35,46H,14,20-21,23-24H2,1-6H3,(H,43,47)/b15-9-/t25-,29-,31+,32-,33+,34+,35+,41-/m1/s1. The van der Waals surface area contributed by atoms with Gasteiger partial charge in [-0.15, -0.1) is 0 Å². The molecule has 5 bridgehead atoms. The van der Waals surface area contributed by atoms with Crippen molar-refractivity contribution < 1.29 is 33.8 Å². The SMILES string of the molecule is C[C@H]1NC(=O)CC/C=C\CN(C(C)(C)CC(C)(C)C)C(=O)[C@@H]2N([C@H](CO)c3ccccc3)C(=O)[C@H]3[C@H](C(=O)O[C@@H]1c1ccccc1)[C@H]1O[C@@]23C=C1Br. The molecule has 2 saturated heterocycles. The summed E-state index contributed by atoms with van der Waals surface area (Å²) in [5.74, 6) is -3.92. The number of fused-ring (bicyclic) bond motifs is 2. The molecule has 2 aromatic carbocycles. The Balaban J connectivity index is 1.53. The maximum absolute atomic E-state index is 15.5. The van der Waals surface area contributed by atoms with Gasteiger partial charge in [-0.1, -0.05) is 110 Å². The predicted molar refractivity (Wildman–Crippen MR) is 200 cm³/mol. The van der Waals surface area contributed by atoms with Gasteiger partial charge in [0.25, 0.3) is 0 Å². The molecule has 4 aliphatic heterocycles. The summed E-state index contributed by atoms with van der Waals surface area (Å²) in [7, 11) is 0. The molecular formula is C41H50BrN3O7. The fourth-order valence-corrected chi connectivity index (χ4v) is 9.70. The van der Waals surface area contributed by atoms with Crippen LogP contribution in [0.15, 0.2) is 83.4 Å². The third-order valence-electron chi connectivity index (χ3n) is 10.7. The molecule has 4 aliphatic rings. The van der Waals surface area contributed by atoms with Crippen molar-refractivity contribution in [1.82, 2.24) is 15.1 Å². The van der Waals surface area contributed by atoms with Crippen LogP contribution in [-0.2, 0) is 28.7 Å². The number of aliphatic hydroxyl groups is 1. The highest BCUT2D eigenvalue weighted by Gasteiger charge is 2.76. The molecule has 0 aliphatic carbocycles. The van der Waals surface area contributed by atoms with E-state index in [-0.39, 0.29) is 30.2 Å². The van der Waals surface area contributed by atoms with Crippen LogP contribution >= 0.6 is 15.9 Å². The fourth-order valence-electron chi connectivity index (χ4n) is 8.97. The van der Waals surface area contributed by atoms with Gasteiger partial charge >= 0.3 is 5.97 Å². The number of rotatable bonds is 6. The van der Waals surface area contributed by atoms with Crippen molar-refractivity contribution >= 4 is 39.6 Å². The molecule has 52 heavy (non-hydrogen) atoms. The molecule has 10 nitrogen and oxygen atoms in total. The lowest BCUT2D eigenvalue weighted by molar-refractivity contribution is -0.162. The largest absolute Gasteiger partial charge is 0.455 e. The number of cyclic esters (lactones) is 1. The number of aliphatic hydroxyl groups excluding tert-OH is 1. The summed E-state index contributed by atoms with van der Waals surface area (Å²) in [6.07, 6.45) is 5.10. The van der Waals surface area contributed by atoms with Gasteiger partial charge in [0.1, 0.15) is 29.8 Å². The van der Waals surface area contributed by atoms with Crippen molar-refractivity contribution in [3.05, 3.63) is 94.5 Å². The number of nitrogens with one attached hydrogen (secondary N) is 1. The molecule has 2 aromatic rings. The third-order valence-corrected chi connectivity index (χ3v) is 11.4. The summed E-state index contributed by atoms with van der Waals surface area (Å²) < 4.78 is 13.6. The molecule has 3 amide bonds. The van der Waals surface area contributed by atoms with Gasteiger partial charge in [-0.05, 0) is 56.2 Å². The highest BCUT2D eigenvalue weighted by Crippen LogP contribution is 2.60. The average molecular weight is 777 g/mol. The zero-order valence-electron chi connectivity index (χ0n) is 30.8. The van der Waals surface area contributed by atoms with Gasteiger partial charge in [0, 0.05) is 23.0 Å². The first-order chi connectivity index (χ1) is 24.6. The first-order valence-electron chi connectivity index (χ1n) is 18.1. The number of likely N-dealkylation sites (tertiary alicyclic amines) is 1.